The molecule has 2 heterocycles. The molecule has 0 bridgehead atoms. The second-order valence-corrected chi connectivity index (χ2v) is 5.73. The third-order valence-electron chi connectivity index (χ3n) is 3.37. The van der Waals surface area contributed by atoms with E-state index in [0.717, 1.165) is 38.4 Å². The van der Waals surface area contributed by atoms with Crippen LogP contribution in [0.4, 0.5) is 0 Å². The van der Waals surface area contributed by atoms with E-state index in [1.165, 1.54) is 0 Å². The van der Waals surface area contributed by atoms with Gasteiger partial charge in [0.15, 0.2) is 0 Å². The Balaban J connectivity index is 2.23. The summed E-state index contributed by atoms with van der Waals surface area (Å²) in [5.74, 6) is 0.787. The molecular weight excluding hydrogens is 302 g/mol. The Morgan fingerprint density at radius 3 is 2.82 bits per heavy atom. The van der Waals surface area contributed by atoms with Gasteiger partial charge in [-0.2, -0.15) is 12.6 Å². The first-order valence-corrected chi connectivity index (χ1v) is 7.13. The van der Waals surface area contributed by atoms with Crippen LogP contribution in [0.1, 0.15) is 12.8 Å². The second kappa shape index (κ2) is 5.59. The fraction of sp³-hybridized carbons (Fsp3) is 0.583. The Morgan fingerprint density at radius 2 is 2.18 bits per heavy atom. The topological polar surface area (TPSA) is 31.2 Å². The average molecular weight is 318 g/mol. The van der Waals surface area contributed by atoms with Crippen molar-refractivity contribution in [3.8, 4) is 0 Å². The van der Waals surface area contributed by atoms with Crippen LogP contribution in [0.2, 0.25) is 0 Å². The summed E-state index contributed by atoms with van der Waals surface area (Å²) >= 11 is 7.73. The Bertz CT molecular complexity index is 440. The molecule has 0 aromatic carbocycles. The normalized spacial score (nSPS) is 19.2. The van der Waals surface area contributed by atoms with Gasteiger partial charge in [0.2, 0.25) is 0 Å². The molecule has 1 aliphatic heterocycles. The van der Waals surface area contributed by atoms with Crippen molar-refractivity contribution in [1.82, 2.24) is 4.57 Å². The van der Waals surface area contributed by atoms with Crippen LogP contribution in [0, 0.1) is 5.41 Å². The van der Waals surface area contributed by atoms with Crippen LogP contribution in [0.5, 0.6) is 0 Å². The molecule has 0 atom stereocenters. The van der Waals surface area contributed by atoms with Crippen molar-refractivity contribution in [3.63, 3.8) is 0 Å². The highest BCUT2D eigenvalue weighted by Crippen LogP contribution is 2.33. The SMILES string of the molecule is O=c1c(Br)cccn1CC1(CS)CCOCC1. The number of halogens is 1. The van der Waals surface area contributed by atoms with Crippen LogP contribution in [0.15, 0.2) is 27.6 Å². The van der Waals surface area contributed by atoms with Crippen LogP contribution in [0.25, 0.3) is 0 Å². The fourth-order valence-corrected chi connectivity index (χ4v) is 2.96. The van der Waals surface area contributed by atoms with Gasteiger partial charge >= 0.3 is 0 Å². The van der Waals surface area contributed by atoms with Crippen molar-refractivity contribution in [2.24, 2.45) is 5.41 Å². The van der Waals surface area contributed by atoms with E-state index in [2.05, 4.69) is 28.6 Å². The van der Waals surface area contributed by atoms with Gasteiger partial charge in [0.25, 0.3) is 5.56 Å². The van der Waals surface area contributed by atoms with Gasteiger partial charge in [0.1, 0.15) is 0 Å². The molecule has 0 amide bonds. The molecule has 1 aromatic heterocycles. The molecule has 17 heavy (non-hydrogen) atoms. The zero-order chi connectivity index (χ0) is 12.3. The molecule has 1 fully saturated rings. The molecule has 1 saturated heterocycles. The summed E-state index contributed by atoms with van der Waals surface area (Å²) in [6, 6.07) is 3.66. The molecule has 1 aromatic rings. The van der Waals surface area contributed by atoms with Gasteiger partial charge < -0.3 is 9.30 Å². The summed E-state index contributed by atoms with van der Waals surface area (Å²) in [6.45, 7) is 2.25. The highest BCUT2D eigenvalue weighted by atomic mass is 79.9. The quantitative estimate of drug-likeness (QED) is 0.868. The van der Waals surface area contributed by atoms with Crippen LogP contribution in [0.3, 0.4) is 0 Å². The number of thiol groups is 1. The highest BCUT2D eigenvalue weighted by molar-refractivity contribution is 9.10. The van der Waals surface area contributed by atoms with E-state index in [1.54, 1.807) is 10.6 Å². The predicted molar refractivity (Wildman–Crippen MR) is 74.7 cm³/mol. The van der Waals surface area contributed by atoms with Crippen LogP contribution in [-0.2, 0) is 11.3 Å². The molecule has 0 spiro atoms. The van der Waals surface area contributed by atoms with Gasteiger partial charge in [0.05, 0.1) is 4.47 Å². The van der Waals surface area contributed by atoms with Gasteiger partial charge in [-0.05, 0) is 46.7 Å². The maximum atomic E-state index is 12.0. The van der Waals surface area contributed by atoms with Crippen molar-refractivity contribution in [3.05, 3.63) is 33.2 Å². The Labute approximate surface area is 115 Å². The molecule has 0 radical (unpaired) electrons. The number of hydrogen-bond donors (Lipinski definition) is 1. The zero-order valence-corrected chi connectivity index (χ0v) is 12.0. The van der Waals surface area contributed by atoms with Crippen LogP contribution < -0.4 is 5.56 Å². The highest BCUT2D eigenvalue weighted by Gasteiger charge is 2.32. The van der Waals surface area contributed by atoms with Gasteiger partial charge in [-0.15, -0.1) is 0 Å². The summed E-state index contributed by atoms with van der Waals surface area (Å²) in [6.07, 6.45) is 3.78. The lowest BCUT2D eigenvalue weighted by Gasteiger charge is -2.36. The Hall–Kier alpha value is -0.260. The van der Waals surface area contributed by atoms with Crippen molar-refractivity contribution < 1.29 is 4.74 Å². The molecular formula is C12H16BrNO2S. The minimum absolute atomic E-state index is 0.0279. The van der Waals surface area contributed by atoms with E-state index in [1.807, 2.05) is 12.3 Å². The first-order chi connectivity index (χ1) is 8.17. The largest absolute Gasteiger partial charge is 0.381 e. The third-order valence-corrected chi connectivity index (χ3v) is 4.64. The summed E-state index contributed by atoms with van der Waals surface area (Å²) in [5.41, 5.74) is 0.117. The first kappa shape index (κ1) is 13.2. The number of hydrogen-bond acceptors (Lipinski definition) is 3. The Kier molecular flexibility index (Phi) is 4.33. The predicted octanol–water partition coefficient (Wildman–Crippen LogP) is 2.34. The Morgan fingerprint density at radius 1 is 1.47 bits per heavy atom. The molecule has 0 aliphatic carbocycles. The summed E-state index contributed by atoms with van der Waals surface area (Å²) in [5, 5.41) is 0. The molecule has 0 unspecified atom stereocenters. The number of pyridine rings is 1. The molecule has 2 rings (SSSR count). The van der Waals surface area contributed by atoms with Gasteiger partial charge in [-0.25, -0.2) is 0 Å². The van der Waals surface area contributed by atoms with Crippen LogP contribution >= 0.6 is 28.6 Å². The van der Waals surface area contributed by atoms with E-state index < -0.39 is 0 Å². The van der Waals surface area contributed by atoms with E-state index in [9.17, 15) is 4.79 Å². The minimum atomic E-state index is 0.0279. The van der Waals surface area contributed by atoms with E-state index in [0.29, 0.717) is 4.47 Å². The molecule has 0 saturated carbocycles. The number of rotatable bonds is 3. The molecule has 94 valence electrons. The van der Waals surface area contributed by atoms with Gasteiger partial charge in [-0.3, -0.25) is 4.79 Å². The maximum absolute atomic E-state index is 12.0. The minimum Gasteiger partial charge on any atom is -0.381 e. The average Bonchev–Trinajstić information content (AvgIpc) is 2.36. The van der Waals surface area contributed by atoms with Crippen molar-refractivity contribution in [2.45, 2.75) is 19.4 Å². The van der Waals surface area contributed by atoms with Crippen molar-refractivity contribution in [1.29, 1.82) is 0 Å². The van der Waals surface area contributed by atoms with Gasteiger partial charge in [0, 0.05) is 31.4 Å². The first-order valence-electron chi connectivity index (χ1n) is 5.70. The third kappa shape index (κ3) is 2.95. The zero-order valence-electron chi connectivity index (χ0n) is 9.56. The maximum Gasteiger partial charge on any atom is 0.264 e. The summed E-state index contributed by atoms with van der Waals surface area (Å²) < 4.78 is 7.77. The smallest absolute Gasteiger partial charge is 0.264 e. The number of nitrogens with zero attached hydrogens (tertiary/aromatic N) is 1. The van der Waals surface area contributed by atoms with Gasteiger partial charge in [-0.1, -0.05) is 0 Å². The van der Waals surface area contributed by atoms with E-state index in [-0.39, 0.29) is 11.0 Å². The lowest BCUT2D eigenvalue weighted by Crippen LogP contribution is -2.38. The second-order valence-electron chi connectivity index (χ2n) is 4.56. The van der Waals surface area contributed by atoms with Crippen molar-refractivity contribution >= 4 is 28.6 Å². The lowest BCUT2D eigenvalue weighted by molar-refractivity contribution is 0.0177. The van der Waals surface area contributed by atoms with Crippen molar-refractivity contribution in [2.75, 3.05) is 19.0 Å². The number of aromatic nitrogens is 1. The van der Waals surface area contributed by atoms with E-state index in [4.69, 9.17) is 4.74 Å². The van der Waals surface area contributed by atoms with E-state index >= 15 is 0 Å². The summed E-state index contributed by atoms with van der Waals surface area (Å²) in [7, 11) is 0. The standard InChI is InChI=1S/C12H16BrNO2S/c13-10-2-1-5-14(11(10)15)8-12(9-17)3-6-16-7-4-12/h1-2,5,17H,3-4,6-9H2. The monoisotopic (exact) mass is 317 g/mol. The van der Waals surface area contributed by atoms with Crippen LogP contribution in [-0.4, -0.2) is 23.5 Å². The molecule has 1 aliphatic rings. The molecule has 3 nitrogen and oxygen atoms in total. The fourth-order valence-electron chi connectivity index (χ4n) is 2.16. The molecule has 5 heteroatoms. The summed E-state index contributed by atoms with van der Waals surface area (Å²) in [4.78, 5) is 12.0. The lowest BCUT2D eigenvalue weighted by atomic mass is 9.82. The molecule has 0 N–H and O–H groups in total. The number of ether oxygens (including phenoxy) is 1.